The van der Waals surface area contributed by atoms with Gasteiger partial charge in [-0.3, -0.25) is 0 Å². The van der Waals surface area contributed by atoms with E-state index in [-0.39, 0.29) is 11.5 Å². The molecule has 0 saturated heterocycles. The van der Waals surface area contributed by atoms with Gasteiger partial charge in [0.25, 0.3) is 0 Å². The molecule has 5 heteroatoms. The molecule has 3 rings (SSSR count). The lowest BCUT2D eigenvalue weighted by Crippen LogP contribution is -2.05. The summed E-state index contributed by atoms with van der Waals surface area (Å²) in [5, 5.41) is 4.59. The van der Waals surface area contributed by atoms with E-state index in [0.29, 0.717) is 22.5 Å². The maximum absolute atomic E-state index is 6.22. The minimum Gasteiger partial charge on any atom is -0.489 e. The highest BCUT2D eigenvalue weighted by molar-refractivity contribution is 6.32. The third kappa shape index (κ3) is 2.52. The molecule has 0 spiro atoms. The van der Waals surface area contributed by atoms with Gasteiger partial charge in [-0.25, -0.2) is 0 Å². The maximum Gasteiger partial charge on any atom is 0.232 e. The molecule has 0 amide bonds. The molecule has 1 saturated carbocycles. The zero-order valence-corrected chi connectivity index (χ0v) is 12.6. The topological polar surface area (TPSA) is 48.2 Å². The predicted octanol–water partition coefficient (Wildman–Crippen LogP) is 4.23. The molecule has 20 heavy (non-hydrogen) atoms. The van der Waals surface area contributed by atoms with E-state index in [2.05, 4.69) is 17.1 Å². The summed E-state index contributed by atoms with van der Waals surface area (Å²) in [6, 6.07) is 5.54. The third-order valence-corrected chi connectivity index (χ3v) is 3.79. The van der Waals surface area contributed by atoms with Crippen molar-refractivity contribution in [2.45, 2.75) is 45.1 Å². The number of hydrogen-bond donors (Lipinski definition) is 0. The maximum atomic E-state index is 6.22. The van der Waals surface area contributed by atoms with Gasteiger partial charge in [0.05, 0.1) is 11.1 Å². The van der Waals surface area contributed by atoms with Gasteiger partial charge in [-0.05, 0) is 44.9 Å². The molecule has 4 nitrogen and oxygen atoms in total. The average molecular weight is 293 g/mol. The van der Waals surface area contributed by atoms with Crippen LogP contribution in [0.4, 0.5) is 0 Å². The minimum absolute atomic E-state index is 0.0791. The van der Waals surface area contributed by atoms with Crippen molar-refractivity contribution >= 4 is 11.6 Å². The van der Waals surface area contributed by atoms with Gasteiger partial charge in [0, 0.05) is 11.0 Å². The molecule has 1 heterocycles. The summed E-state index contributed by atoms with van der Waals surface area (Å²) < 4.78 is 11.0. The number of ether oxygens (including phenoxy) is 1. The van der Waals surface area contributed by atoms with Crippen molar-refractivity contribution in [2.24, 2.45) is 0 Å². The summed E-state index contributed by atoms with van der Waals surface area (Å²) in [6.07, 6.45) is 2.30. The molecule has 1 aliphatic carbocycles. The van der Waals surface area contributed by atoms with E-state index < -0.39 is 0 Å². The number of rotatable bonds is 4. The first kappa shape index (κ1) is 13.4. The second-order valence-corrected chi connectivity index (χ2v) is 6.20. The SMILES string of the molecule is CC(C)Oc1ccc(-c2noc(C3(C)CC3)n2)cc1Cl. The van der Waals surface area contributed by atoms with Crippen LogP contribution in [0.2, 0.25) is 5.02 Å². The number of nitrogens with zero attached hydrogens (tertiary/aromatic N) is 2. The Balaban J connectivity index is 1.87. The van der Waals surface area contributed by atoms with Crippen LogP contribution in [-0.2, 0) is 5.41 Å². The van der Waals surface area contributed by atoms with Gasteiger partial charge in [-0.15, -0.1) is 0 Å². The van der Waals surface area contributed by atoms with E-state index in [1.165, 1.54) is 0 Å². The summed E-state index contributed by atoms with van der Waals surface area (Å²) in [4.78, 5) is 4.47. The van der Waals surface area contributed by atoms with Crippen LogP contribution in [0.25, 0.3) is 11.4 Å². The molecule has 2 aromatic rings. The van der Waals surface area contributed by atoms with Gasteiger partial charge in [-0.1, -0.05) is 23.7 Å². The van der Waals surface area contributed by atoms with Crippen molar-refractivity contribution in [3.63, 3.8) is 0 Å². The van der Waals surface area contributed by atoms with Crippen molar-refractivity contribution in [3.8, 4) is 17.1 Å². The first-order valence-electron chi connectivity index (χ1n) is 6.79. The van der Waals surface area contributed by atoms with Crippen molar-refractivity contribution in [3.05, 3.63) is 29.1 Å². The van der Waals surface area contributed by atoms with Crippen molar-refractivity contribution in [1.82, 2.24) is 10.1 Å². The van der Waals surface area contributed by atoms with Gasteiger partial charge >= 0.3 is 0 Å². The Labute approximate surface area is 123 Å². The summed E-state index contributed by atoms with van der Waals surface area (Å²) in [7, 11) is 0. The van der Waals surface area contributed by atoms with Crippen molar-refractivity contribution in [2.75, 3.05) is 0 Å². The van der Waals surface area contributed by atoms with Gasteiger partial charge < -0.3 is 9.26 Å². The van der Waals surface area contributed by atoms with Crippen LogP contribution in [0.3, 0.4) is 0 Å². The largest absolute Gasteiger partial charge is 0.489 e. The summed E-state index contributed by atoms with van der Waals surface area (Å²) in [5.41, 5.74) is 0.917. The Morgan fingerprint density at radius 2 is 2.10 bits per heavy atom. The van der Waals surface area contributed by atoms with Crippen LogP contribution < -0.4 is 4.74 Å². The number of hydrogen-bond acceptors (Lipinski definition) is 4. The molecule has 0 bridgehead atoms. The summed E-state index contributed by atoms with van der Waals surface area (Å²) in [5.74, 6) is 1.96. The fraction of sp³-hybridized carbons (Fsp3) is 0.467. The highest BCUT2D eigenvalue weighted by Crippen LogP contribution is 2.47. The Hall–Kier alpha value is -1.55. The molecule has 0 N–H and O–H groups in total. The highest BCUT2D eigenvalue weighted by atomic mass is 35.5. The van der Waals surface area contributed by atoms with Crippen LogP contribution >= 0.6 is 11.6 Å². The van der Waals surface area contributed by atoms with E-state index in [1.54, 1.807) is 0 Å². The van der Waals surface area contributed by atoms with Crippen LogP contribution in [0.1, 0.15) is 39.5 Å². The lowest BCUT2D eigenvalue weighted by molar-refractivity contribution is 0.242. The van der Waals surface area contributed by atoms with Crippen LogP contribution in [0, 0.1) is 0 Å². The Morgan fingerprint density at radius 3 is 2.70 bits per heavy atom. The molecule has 0 aliphatic heterocycles. The number of aromatic nitrogens is 2. The van der Waals surface area contributed by atoms with Gasteiger partial charge in [0.15, 0.2) is 0 Å². The monoisotopic (exact) mass is 292 g/mol. The zero-order valence-electron chi connectivity index (χ0n) is 11.8. The molecular weight excluding hydrogens is 276 g/mol. The Kier molecular flexibility index (Phi) is 3.21. The fourth-order valence-electron chi connectivity index (χ4n) is 1.98. The van der Waals surface area contributed by atoms with E-state index in [4.69, 9.17) is 20.9 Å². The summed E-state index contributed by atoms with van der Waals surface area (Å²) >= 11 is 6.22. The van der Waals surface area contributed by atoms with E-state index in [0.717, 1.165) is 18.4 Å². The van der Waals surface area contributed by atoms with E-state index in [9.17, 15) is 0 Å². The zero-order chi connectivity index (χ0) is 14.3. The second kappa shape index (κ2) is 4.77. The molecular formula is C15H17ClN2O2. The quantitative estimate of drug-likeness (QED) is 0.846. The third-order valence-electron chi connectivity index (χ3n) is 3.50. The minimum atomic E-state index is 0.0791. The van der Waals surface area contributed by atoms with Crippen LogP contribution in [-0.4, -0.2) is 16.2 Å². The molecule has 1 fully saturated rings. The van der Waals surface area contributed by atoms with Gasteiger partial charge in [0.1, 0.15) is 5.75 Å². The first-order valence-corrected chi connectivity index (χ1v) is 7.16. The van der Waals surface area contributed by atoms with E-state index in [1.807, 2.05) is 32.0 Å². The average Bonchev–Trinajstić information content (AvgIpc) is 2.95. The molecule has 1 aromatic heterocycles. The molecule has 0 radical (unpaired) electrons. The number of benzene rings is 1. The van der Waals surface area contributed by atoms with Crippen LogP contribution in [0.5, 0.6) is 5.75 Å². The Morgan fingerprint density at radius 1 is 1.35 bits per heavy atom. The lowest BCUT2D eigenvalue weighted by Gasteiger charge is -2.11. The van der Waals surface area contributed by atoms with Crippen LogP contribution in [0.15, 0.2) is 22.7 Å². The molecule has 1 aromatic carbocycles. The summed E-state index contributed by atoms with van der Waals surface area (Å²) in [6.45, 7) is 6.06. The normalized spacial score (nSPS) is 16.4. The fourth-order valence-corrected chi connectivity index (χ4v) is 2.20. The number of halogens is 1. The van der Waals surface area contributed by atoms with Gasteiger partial charge in [-0.2, -0.15) is 4.98 Å². The second-order valence-electron chi connectivity index (χ2n) is 5.80. The molecule has 106 valence electrons. The van der Waals surface area contributed by atoms with E-state index >= 15 is 0 Å². The highest BCUT2D eigenvalue weighted by Gasteiger charge is 2.44. The molecule has 0 unspecified atom stereocenters. The lowest BCUT2D eigenvalue weighted by atomic mass is 10.1. The smallest absolute Gasteiger partial charge is 0.232 e. The van der Waals surface area contributed by atoms with Crippen molar-refractivity contribution < 1.29 is 9.26 Å². The van der Waals surface area contributed by atoms with Gasteiger partial charge in [0.2, 0.25) is 11.7 Å². The molecule has 0 atom stereocenters. The first-order chi connectivity index (χ1) is 9.48. The predicted molar refractivity (Wildman–Crippen MR) is 77.1 cm³/mol. The van der Waals surface area contributed by atoms with Crippen molar-refractivity contribution in [1.29, 1.82) is 0 Å². The standard InChI is InChI=1S/C15H17ClN2O2/c1-9(2)19-12-5-4-10(8-11(12)16)13-17-14(20-18-13)15(3)6-7-15/h4-5,8-9H,6-7H2,1-3H3. The Bertz CT molecular complexity index is 633. The molecule has 1 aliphatic rings.